The van der Waals surface area contributed by atoms with E-state index in [2.05, 4.69) is 15.5 Å². The highest BCUT2D eigenvalue weighted by Crippen LogP contribution is 2.20. The first-order valence-electron chi connectivity index (χ1n) is 10.5. The molecule has 3 rings (SSSR count). The Morgan fingerprint density at radius 1 is 1.06 bits per heavy atom. The summed E-state index contributed by atoms with van der Waals surface area (Å²) >= 11 is 0. The van der Waals surface area contributed by atoms with E-state index in [0.717, 1.165) is 22.8 Å². The fourth-order valence-electron chi connectivity index (χ4n) is 3.35. The van der Waals surface area contributed by atoms with Gasteiger partial charge in [-0.1, -0.05) is 54.6 Å². The molecule has 172 valence electrons. The van der Waals surface area contributed by atoms with Gasteiger partial charge in [0, 0.05) is 18.5 Å². The van der Waals surface area contributed by atoms with Gasteiger partial charge in [0.15, 0.2) is 11.8 Å². The fraction of sp³-hybridized carbons (Fsp3) is 0.250. The summed E-state index contributed by atoms with van der Waals surface area (Å²) < 4.78 is 4.85. The number of carboxylic acids is 1. The first kappa shape index (κ1) is 23.7. The van der Waals surface area contributed by atoms with Crippen LogP contribution in [0.15, 0.2) is 60.7 Å². The summed E-state index contributed by atoms with van der Waals surface area (Å²) in [6.45, 7) is 1.76. The van der Waals surface area contributed by atoms with Gasteiger partial charge in [-0.2, -0.15) is 5.10 Å². The number of amides is 1. The summed E-state index contributed by atoms with van der Waals surface area (Å²) in [7, 11) is 0. The van der Waals surface area contributed by atoms with Crippen LogP contribution in [0.3, 0.4) is 0 Å². The summed E-state index contributed by atoms with van der Waals surface area (Å²) in [5, 5.41) is 27.9. The van der Waals surface area contributed by atoms with Crippen LogP contribution >= 0.6 is 0 Å². The number of rotatable bonds is 10. The van der Waals surface area contributed by atoms with E-state index < -0.39 is 30.0 Å². The van der Waals surface area contributed by atoms with Crippen molar-refractivity contribution in [2.75, 3.05) is 6.61 Å². The zero-order valence-corrected chi connectivity index (χ0v) is 18.0. The molecule has 0 fully saturated rings. The van der Waals surface area contributed by atoms with Crippen molar-refractivity contribution in [1.29, 1.82) is 0 Å². The van der Waals surface area contributed by atoms with Crippen LogP contribution in [0.5, 0.6) is 0 Å². The standard InChI is InChI=1S/C24H25N3O6/c1-2-33-24(32)21(28)13-18(25-22(29)19-14-20(23(30)31)27-26-19)12-15-8-10-17(11-9-15)16-6-4-3-5-7-16/h3-11,14,18,21,28H,2,12-13H2,1H3,(H,25,29)(H,26,27)(H,30,31)/t18?,21-/m1/s1. The molecule has 3 aromatic rings. The Morgan fingerprint density at radius 2 is 1.73 bits per heavy atom. The highest BCUT2D eigenvalue weighted by atomic mass is 16.5. The fourth-order valence-corrected chi connectivity index (χ4v) is 3.35. The number of hydrogen-bond donors (Lipinski definition) is 4. The van der Waals surface area contributed by atoms with Crippen molar-refractivity contribution in [2.45, 2.75) is 31.9 Å². The molecule has 0 bridgehead atoms. The third kappa shape index (κ3) is 6.50. The van der Waals surface area contributed by atoms with Crippen LogP contribution in [-0.4, -0.2) is 57.0 Å². The maximum Gasteiger partial charge on any atom is 0.353 e. The van der Waals surface area contributed by atoms with Crippen LogP contribution < -0.4 is 5.32 Å². The van der Waals surface area contributed by atoms with Gasteiger partial charge in [-0.15, -0.1) is 0 Å². The van der Waals surface area contributed by atoms with E-state index in [9.17, 15) is 19.5 Å². The third-order valence-electron chi connectivity index (χ3n) is 4.99. The summed E-state index contributed by atoms with van der Waals surface area (Å²) in [5.41, 5.74) is 2.65. The number of aromatic carboxylic acids is 1. The number of carbonyl (C=O) groups excluding carboxylic acids is 2. The van der Waals surface area contributed by atoms with Crippen molar-refractivity contribution < 1.29 is 29.3 Å². The Morgan fingerprint density at radius 3 is 2.33 bits per heavy atom. The lowest BCUT2D eigenvalue weighted by Crippen LogP contribution is -2.41. The monoisotopic (exact) mass is 451 g/mol. The second-order valence-electron chi connectivity index (χ2n) is 7.41. The lowest BCUT2D eigenvalue weighted by atomic mass is 9.97. The van der Waals surface area contributed by atoms with E-state index in [1.807, 2.05) is 54.6 Å². The molecule has 0 aliphatic rings. The number of H-pyrrole nitrogens is 1. The van der Waals surface area contributed by atoms with Crippen molar-refractivity contribution in [1.82, 2.24) is 15.5 Å². The molecule has 1 heterocycles. The van der Waals surface area contributed by atoms with Crippen LogP contribution in [0.2, 0.25) is 0 Å². The SMILES string of the molecule is CCOC(=O)[C@H](O)CC(Cc1ccc(-c2ccccc2)cc1)NC(=O)c1cc(C(=O)O)[nH]n1. The molecule has 0 aliphatic carbocycles. The second kappa shape index (κ2) is 11.1. The Kier molecular flexibility index (Phi) is 7.93. The molecule has 2 aromatic carbocycles. The number of nitrogens with one attached hydrogen (secondary N) is 2. The topological polar surface area (TPSA) is 142 Å². The van der Waals surface area contributed by atoms with Crippen molar-refractivity contribution in [2.24, 2.45) is 0 Å². The molecule has 0 aliphatic heterocycles. The normalized spacial score (nSPS) is 12.5. The number of aromatic amines is 1. The molecule has 1 aromatic heterocycles. The van der Waals surface area contributed by atoms with Crippen molar-refractivity contribution in [3.63, 3.8) is 0 Å². The molecule has 33 heavy (non-hydrogen) atoms. The van der Waals surface area contributed by atoms with Gasteiger partial charge in [0.25, 0.3) is 5.91 Å². The number of carbonyl (C=O) groups is 3. The van der Waals surface area contributed by atoms with Gasteiger partial charge < -0.3 is 20.3 Å². The molecule has 2 atom stereocenters. The molecule has 0 saturated heterocycles. The summed E-state index contributed by atoms with van der Waals surface area (Å²) in [5.74, 6) is -2.64. The Balaban J connectivity index is 1.75. The van der Waals surface area contributed by atoms with Gasteiger partial charge >= 0.3 is 11.9 Å². The number of nitrogens with zero attached hydrogens (tertiary/aromatic N) is 1. The first-order valence-corrected chi connectivity index (χ1v) is 10.5. The van der Waals surface area contributed by atoms with Crippen molar-refractivity contribution in [3.05, 3.63) is 77.6 Å². The van der Waals surface area contributed by atoms with Gasteiger partial charge in [0.1, 0.15) is 5.69 Å². The van der Waals surface area contributed by atoms with E-state index in [0.29, 0.717) is 6.42 Å². The van der Waals surface area contributed by atoms with Gasteiger partial charge in [-0.05, 0) is 30.0 Å². The predicted molar refractivity (Wildman–Crippen MR) is 120 cm³/mol. The number of aliphatic hydroxyl groups excluding tert-OH is 1. The van der Waals surface area contributed by atoms with Crippen LogP contribution in [0.25, 0.3) is 11.1 Å². The Labute approximate surface area is 190 Å². The maximum absolute atomic E-state index is 12.6. The summed E-state index contributed by atoms with van der Waals surface area (Å²) in [4.78, 5) is 35.5. The van der Waals surface area contributed by atoms with E-state index in [4.69, 9.17) is 9.84 Å². The molecule has 9 heteroatoms. The predicted octanol–water partition coefficient (Wildman–Crippen LogP) is 2.43. The average Bonchev–Trinajstić information content (AvgIpc) is 3.31. The number of esters is 1. The first-order chi connectivity index (χ1) is 15.9. The zero-order chi connectivity index (χ0) is 23.8. The molecular weight excluding hydrogens is 426 g/mol. The minimum atomic E-state index is -1.42. The van der Waals surface area contributed by atoms with Gasteiger partial charge in [-0.3, -0.25) is 9.89 Å². The largest absolute Gasteiger partial charge is 0.477 e. The minimum Gasteiger partial charge on any atom is -0.477 e. The van der Waals surface area contributed by atoms with Crippen molar-refractivity contribution >= 4 is 17.8 Å². The van der Waals surface area contributed by atoms with Crippen LogP contribution in [0.4, 0.5) is 0 Å². The molecule has 0 radical (unpaired) electrons. The lowest BCUT2D eigenvalue weighted by molar-refractivity contribution is -0.153. The number of aromatic nitrogens is 2. The molecule has 9 nitrogen and oxygen atoms in total. The van der Waals surface area contributed by atoms with E-state index in [-0.39, 0.29) is 24.4 Å². The highest BCUT2D eigenvalue weighted by Gasteiger charge is 2.25. The lowest BCUT2D eigenvalue weighted by Gasteiger charge is -2.21. The minimum absolute atomic E-state index is 0.0821. The number of aliphatic hydroxyl groups is 1. The van der Waals surface area contributed by atoms with E-state index >= 15 is 0 Å². The van der Waals surface area contributed by atoms with Crippen LogP contribution in [-0.2, 0) is 16.0 Å². The van der Waals surface area contributed by atoms with Crippen LogP contribution in [0, 0.1) is 0 Å². The quantitative estimate of drug-likeness (QED) is 0.347. The smallest absolute Gasteiger partial charge is 0.353 e. The van der Waals surface area contributed by atoms with Gasteiger partial charge in [0.2, 0.25) is 0 Å². The highest BCUT2D eigenvalue weighted by molar-refractivity contribution is 5.95. The summed E-state index contributed by atoms with van der Waals surface area (Å²) in [6.07, 6.45) is -1.18. The zero-order valence-electron chi connectivity index (χ0n) is 18.0. The molecule has 0 spiro atoms. The van der Waals surface area contributed by atoms with Crippen molar-refractivity contribution in [3.8, 4) is 11.1 Å². The van der Waals surface area contributed by atoms with Gasteiger partial charge in [0.05, 0.1) is 6.61 Å². The average molecular weight is 451 g/mol. The summed E-state index contributed by atoms with van der Waals surface area (Å²) in [6, 6.07) is 18.1. The number of hydrogen-bond acceptors (Lipinski definition) is 6. The second-order valence-corrected chi connectivity index (χ2v) is 7.41. The maximum atomic E-state index is 12.6. The van der Waals surface area contributed by atoms with E-state index in [1.165, 1.54) is 0 Å². The molecular formula is C24H25N3O6. The number of ether oxygens (including phenoxy) is 1. The molecule has 1 unspecified atom stereocenters. The molecule has 4 N–H and O–H groups in total. The van der Waals surface area contributed by atoms with E-state index in [1.54, 1.807) is 6.92 Å². The number of benzene rings is 2. The van der Waals surface area contributed by atoms with Crippen LogP contribution in [0.1, 0.15) is 39.9 Å². The molecule has 0 saturated carbocycles. The number of carboxylic acid groups (broad SMARTS) is 1. The Hall–Kier alpha value is -3.98. The Bertz CT molecular complexity index is 1090. The molecule has 1 amide bonds. The van der Waals surface area contributed by atoms with Gasteiger partial charge in [-0.25, -0.2) is 9.59 Å². The third-order valence-corrected chi connectivity index (χ3v) is 4.99.